The molecule has 0 aliphatic rings. The number of hydrogen-bond donors (Lipinski definition) is 0. The van der Waals surface area contributed by atoms with Crippen molar-refractivity contribution >= 4 is 0 Å². The van der Waals surface area contributed by atoms with E-state index in [0.29, 0.717) is 0 Å². The van der Waals surface area contributed by atoms with Crippen molar-refractivity contribution in [3.63, 3.8) is 0 Å². The van der Waals surface area contributed by atoms with Gasteiger partial charge in [-0.1, -0.05) is 55.0 Å². The van der Waals surface area contributed by atoms with Gasteiger partial charge in [-0.15, -0.1) is 0 Å². The van der Waals surface area contributed by atoms with Gasteiger partial charge in [-0.05, 0) is 42.5 Å². The Hall–Kier alpha value is -1.56. The second-order valence-electron chi connectivity index (χ2n) is 4.37. The molecule has 0 bridgehead atoms. The van der Waals surface area contributed by atoms with Gasteiger partial charge in [0.2, 0.25) is 0 Å². The Labute approximate surface area is 97.9 Å². The number of hydrogen-bond acceptors (Lipinski definition) is 0. The molecule has 16 heavy (non-hydrogen) atoms. The van der Waals surface area contributed by atoms with Crippen molar-refractivity contribution < 1.29 is 0 Å². The molecular weight excluding hydrogens is 192 g/mol. The van der Waals surface area contributed by atoms with E-state index in [1.54, 1.807) is 0 Å². The zero-order chi connectivity index (χ0) is 11.5. The smallest absolute Gasteiger partial charge is 0.0152 e. The molecule has 0 aliphatic heterocycles. The average Bonchev–Trinajstić information content (AvgIpc) is 2.31. The van der Waals surface area contributed by atoms with E-state index in [-0.39, 0.29) is 0 Å². The van der Waals surface area contributed by atoms with Crippen LogP contribution in [0.15, 0.2) is 42.5 Å². The summed E-state index contributed by atoms with van der Waals surface area (Å²) >= 11 is 0. The van der Waals surface area contributed by atoms with Crippen LogP contribution in [0.25, 0.3) is 11.1 Å². The summed E-state index contributed by atoms with van der Waals surface area (Å²) in [4.78, 5) is 0. The van der Waals surface area contributed by atoms with Crippen LogP contribution in [-0.4, -0.2) is 0 Å². The Balaban J connectivity index is 2.50. The summed E-state index contributed by atoms with van der Waals surface area (Å²) in [5.74, 6) is 0. The van der Waals surface area contributed by atoms with Crippen LogP contribution in [0.5, 0.6) is 0 Å². The van der Waals surface area contributed by atoms with Crippen molar-refractivity contribution in [1.82, 2.24) is 0 Å². The summed E-state index contributed by atoms with van der Waals surface area (Å²) in [6.45, 7) is 6.50. The fourth-order valence-electron chi connectivity index (χ4n) is 1.93. The molecule has 0 spiro atoms. The lowest BCUT2D eigenvalue weighted by Gasteiger charge is -2.08. The largest absolute Gasteiger partial charge is 0.0613 e. The molecule has 2 rings (SSSR count). The maximum absolute atomic E-state index is 2.31. The molecule has 0 saturated carbocycles. The minimum atomic E-state index is 1.10. The molecule has 2 aromatic rings. The highest BCUT2D eigenvalue weighted by atomic mass is 14.1. The van der Waals surface area contributed by atoms with Gasteiger partial charge in [0.25, 0.3) is 0 Å². The summed E-state index contributed by atoms with van der Waals surface area (Å²) < 4.78 is 0. The number of rotatable bonds is 2. The lowest BCUT2D eigenvalue weighted by Crippen LogP contribution is -1.87. The van der Waals surface area contributed by atoms with E-state index < -0.39 is 0 Å². The van der Waals surface area contributed by atoms with E-state index in [1.807, 2.05) is 0 Å². The molecule has 0 aromatic heterocycles. The number of benzene rings is 2. The molecular formula is C16H18. The van der Waals surface area contributed by atoms with E-state index in [1.165, 1.54) is 27.8 Å². The van der Waals surface area contributed by atoms with E-state index >= 15 is 0 Å². The van der Waals surface area contributed by atoms with E-state index in [2.05, 4.69) is 63.2 Å². The quantitative estimate of drug-likeness (QED) is 0.683. The third kappa shape index (κ3) is 2.16. The topological polar surface area (TPSA) is 0 Å². The summed E-state index contributed by atoms with van der Waals surface area (Å²) in [5, 5.41) is 0. The van der Waals surface area contributed by atoms with Crippen molar-refractivity contribution in [2.75, 3.05) is 0 Å². The Kier molecular flexibility index (Phi) is 3.09. The first kappa shape index (κ1) is 10.9. The number of aryl methyl sites for hydroxylation is 3. The zero-order valence-corrected chi connectivity index (χ0v) is 10.2. The highest BCUT2D eigenvalue weighted by Crippen LogP contribution is 2.25. The van der Waals surface area contributed by atoms with Crippen LogP contribution in [0.1, 0.15) is 23.6 Å². The van der Waals surface area contributed by atoms with Crippen molar-refractivity contribution in [2.24, 2.45) is 0 Å². The molecule has 0 N–H and O–H groups in total. The van der Waals surface area contributed by atoms with Gasteiger partial charge >= 0.3 is 0 Å². The predicted molar refractivity (Wildman–Crippen MR) is 70.7 cm³/mol. The molecule has 0 nitrogen and oxygen atoms in total. The molecule has 0 saturated heterocycles. The van der Waals surface area contributed by atoms with Gasteiger partial charge in [-0.2, -0.15) is 0 Å². The third-order valence-electron chi connectivity index (χ3n) is 3.07. The fraction of sp³-hybridized carbons (Fsp3) is 0.250. The molecule has 0 amide bonds. The molecule has 0 radical (unpaired) electrons. The normalized spacial score (nSPS) is 10.4. The molecule has 0 heteroatoms. The Morgan fingerprint density at radius 2 is 1.56 bits per heavy atom. The lowest BCUT2D eigenvalue weighted by atomic mass is 9.97. The molecule has 0 heterocycles. The molecule has 2 aromatic carbocycles. The predicted octanol–water partition coefficient (Wildman–Crippen LogP) is 4.53. The van der Waals surface area contributed by atoms with Crippen molar-refractivity contribution in [2.45, 2.75) is 27.2 Å². The van der Waals surface area contributed by atoms with Gasteiger partial charge in [0.1, 0.15) is 0 Å². The molecule has 0 fully saturated rings. The van der Waals surface area contributed by atoms with Crippen molar-refractivity contribution in [3.05, 3.63) is 59.2 Å². The molecule has 0 aliphatic carbocycles. The summed E-state index contributed by atoms with van der Waals surface area (Å²) in [5.41, 5.74) is 6.74. The lowest BCUT2D eigenvalue weighted by molar-refractivity contribution is 1.14. The second kappa shape index (κ2) is 4.52. The van der Waals surface area contributed by atoms with Gasteiger partial charge in [-0.25, -0.2) is 0 Å². The molecule has 82 valence electrons. The van der Waals surface area contributed by atoms with Gasteiger partial charge in [0.05, 0.1) is 0 Å². The Morgan fingerprint density at radius 3 is 2.19 bits per heavy atom. The van der Waals surface area contributed by atoms with Crippen LogP contribution in [0.3, 0.4) is 0 Å². The highest BCUT2D eigenvalue weighted by Gasteiger charge is 2.02. The zero-order valence-electron chi connectivity index (χ0n) is 10.2. The van der Waals surface area contributed by atoms with Crippen LogP contribution in [0, 0.1) is 13.8 Å². The summed E-state index contributed by atoms with van der Waals surface area (Å²) in [7, 11) is 0. The van der Waals surface area contributed by atoms with Gasteiger partial charge in [-0.3, -0.25) is 0 Å². The van der Waals surface area contributed by atoms with Gasteiger partial charge < -0.3 is 0 Å². The summed E-state index contributed by atoms with van der Waals surface area (Å²) in [6, 6.07) is 15.5. The Bertz CT molecular complexity index is 478. The van der Waals surface area contributed by atoms with E-state index in [4.69, 9.17) is 0 Å². The maximum Gasteiger partial charge on any atom is -0.0152 e. The molecule has 0 atom stereocenters. The Morgan fingerprint density at radius 1 is 0.875 bits per heavy atom. The first-order valence-electron chi connectivity index (χ1n) is 5.87. The first-order chi connectivity index (χ1) is 7.70. The second-order valence-corrected chi connectivity index (χ2v) is 4.37. The average molecular weight is 210 g/mol. The van der Waals surface area contributed by atoms with Crippen LogP contribution in [0.2, 0.25) is 0 Å². The fourth-order valence-corrected chi connectivity index (χ4v) is 1.93. The minimum absolute atomic E-state index is 1.10. The summed E-state index contributed by atoms with van der Waals surface area (Å²) in [6.07, 6.45) is 1.10. The highest BCUT2D eigenvalue weighted by molar-refractivity contribution is 5.68. The first-order valence-corrected chi connectivity index (χ1v) is 5.87. The van der Waals surface area contributed by atoms with Crippen LogP contribution >= 0.6 is 0 Å². The third-order valence-corrected chi connectivity index (χ3v) is 3.07. The van der Waals surface area contributed by atoms with Crippen LogP contribution < -0.4 is 0 Å². The van der Waals surface area contributed by atoms with Crippen LogP contribution in [-0.2, 0) is 6.42 Å². The monoisotopic (exact) mass is 210 g/mol. The van der Waals surface area contributed by atoms with E-state index in [9.17, 15) is 0 Å². The minimum Gasteiger partial charge on any atom is -0.0613 e. The maximum atomic E-state index is 2.31. The standard InChI is InChI=1S/C16H18/c1-4-14-8-7-13(3)16(11-14)15-9-5-12(2)6-10-15/h5-11H,4H2,1-3H3. The van der Waals surface area contributed by atoms with Gasteiger partial charge in [0, 0.05) is 0 Å². The van der Waals surface area contributed by atoms with Gasteiger partial charge in [0.15, 0.2) is 0 Å². The molecule has 0 unspecified atom stereocenters. The van der Waals surface area contributed by atoms with E-state index in [0.717, 1.165) is 6.42 Å². The van der Waals surface area contributed by atoms with Crippen LogP contribution in [0.4, 0.5) is 0 Å². The SMILES string of the molecule is CCc1ccc(C)c(-c2ccc(C)cc2)c1. The van der Waals surface area contributed by atoms with Crippen molar-refractivity contribution in [3.8, 4) is 11.1 Å². The van der Waals surface area contributed by atoms with Crippen molar-refractivity contribution in [1.29, 1.82) is 0 Å².